The third kappa shape index (κ3) is 19.2. The summed E-state index contributed by atoms with van der Waals surface area (Å²) in [5.74, 6) is -2.89. The molecule has 2 heterocycles. The minimum Gasteiger partial charge on any atom is -0.480 e. The van der Waals surface area contributed by atoms with Crippen LogP contribution in [0.1, 0.15) is 139 Å². The lowest BCUT2D eigenvalue weighted by Gasteiger charge is -2.20. The Kier molecular flexibility index (Phi) is 23.1. The van der Waals surface area contributed by atoms with E-state index in [0.717, 1.165) is 19.3 Å². The van der Waals surface area contributed by atoms with Gasteiger partial charge in [0.25, 0.3) is 11.5 Å². The monoisotopic (exact) mass is 850 g/mol. The zero-order valence-corrected chi connectivity index (χ0v) is 35.8. The van der Waals surface area contributed by atoms with Crippen molar-refractivity contribution in [2.75, 3.05) is 30.9 Å². The highest BCUT2D eigenvalue weighted by molar-refractivity contribution is 5.97. The number of fused-ring (bicyclic) bond motifs is 1. The number of aromatic nitrogens is 4. The third-order valence-corrected chi connectivity index (χ3v) is 10.3. The molecule has 336 valence electrons. The van der Waals surface area contributed by atoms with Crippen LogP contribution in [0.25, 0.3) is 11.2 Å². The lowest BCUT2D eigenvalue weighted by molar-refractivity contribution is -0.144. The molecule has 3 aromatic rings. The van der Waals surface area contributed by atoms with Gasteiger partial charge in [0.2, 0.25) is 11.9 Å². The minimum atomic E-state index is -1.33. The molecule has 2 aromatic heterocycles. The number of benzene rings is 1. The Morgan fingerprint density at radius 1 is 0.902 bits per heavy atom. The van der Waals surface area contributed by atoms with E-state index < -0.39 is 48.2 Å². The number of amides is 2. The van der Waals surface area contributed by atoms with Crippen molar-refractivity contribution in [2.45, 2.75) is 147 Å². The van der Waals surface area contributed by atoms with Gasteiger partial charge in [-0.3, -0.25) is 24.2 Å². The van der Waals surface area contributed by atoms with Crippen LogP contribution in [0.4, 0.5) is 11.6 Å². The fourth-order valence-corrected chi connectivity index (χ4v) is 6.65. The first-order chi connectivity index (χ1) is 29.4. The van der Waals surface area contributed by atoms with Crippen LogP contribution >= 0.6 is 0 Å². The van der Waals surface area contributed by atoms with Gasteiger partial charge in [-0.15, -0.1) is 0 Å². The van der Waals surface area contributed by atoms with E-state index in [1.165, 1.54) is 76.1 Å². The molecule has 0 spiro atoms. The fourth-order valence-electron chi connectivity index (χ4n) is 6.65. The van der Waals surface area contributed by atoms with Crippen molar-refractivity contribution in [1.29, 1.82) is 0 Å². The summed E-state index contributed by atoms with van der Waals surface area (Å²) in [6.07, 6.45) is 20.1. The number of ether oxygens (including phenoxy) is 1. The number of rotatable bonds is 31. The third-order valence-electron chi connectivity index (χ3n) is 10.3. The quantitative estimate of drug-likeness (QED) is 0.0253. The van der Waals surface area contributed by atoms with Crippen LogP contribution in [0, 0.1) is 0 Å². The Bertz CT molecular complexity index is 1890. The number of allylic oxidation sites excluding steroid dienone is 1. The van der Waals surface area contributed by atoms with Gasteiger partial charge in [0, 0.05) is 31.1 Å². The molecule has 61 heavy (non-hydrogen) atoms. The summed E-state index contributed by atoms with van der Waals surface area (Å²) in [6, 6.07) is 4.30. The fraction of sp³-hybridized carbons (Fsp3) is 0.591. The molecule has 0 bridgehead atoms. The van der Waals surface area contributed by atoms with Gasteiger partial charge in [-0.05, 0) is 62.8 Å². The molecule has 3 rings (SSSR count). The Labute approximate surface area is 358 Å². The number of aliphatic hydroxyl groups is 2. The summed E-state index contributed by atoms with van der Waals surface area (Å²) in [6.45, 7) is 2.21. The highest BCUT2D eigenvalue weighted by Gasteiger charge is 2.23. The van der Waals surface area contributed by atoms with E-state index in [9.17, 15) is 39.3 Å². The number of unbranched alkanes of at least 4 members (excludes halogenated alkanes) is 13. The van der Waals surface area contributed by atoms with Crippen LogP contribution in [0.15, 0.2) is 47.4 Å². The molecular formula is C44H66N8O9. The average molecular weight is 851 g/mol. The van der Waals surface area contributed by atoms with E-state index in [2.05, 4.69) is 37.5 Å². The SMILES string of the molecule is CCCCCCCCCCCCC/C=C/C(O)C(CO)NC(=O)CCCCCOC(=O)CC[C@H](NC(=O)c1ccc(N(C)Cc2cnc3nc(N)[nH]c(=O)c3n2)cc1)C(=O)O. The number of nitrogen functional groups attached to an aromatic ring is 1. The lowest BCUT2D eigenvalue weighted by atomic mass is 10.0. The maximum atomic E-state index is 12.9. The highest BCUT2D eigenvalue weighted by Crippen LogP contribution is 2.17. The highest BCUT2D eigenvalue weighted by atomic mass is 16.5. The van der Waals surface area contributed by atoms with Crippen molar-refractivity contribution in [3.8, 4) is 0 Å². The van der Waals surface area contributed by atoms with Crippen molar-refractivity contribution in [3.63, 3.8) is 0 Å². The number of carbonyl (C=O) groups excluding carboxylic acids is 3. The molecule has 0 aliphatic rings. The molecule has 8 N–H and O–H groups in total. The number of nitrogens with one attached hydrogen (secondary N) is 3. The van der Waals surface area contributed by atoms with Gasteiger partial charge in [0.1, 0.15) is 6.04 Å². The van der Waals surface area contributed by atoms with Crippen LogP contribution in [-0.4, -0.2) is 97.5 Å². The van der Waals surface area contributed by atoms with Gasteiger partial charge in [-0.2, -0.15) is 4.98 Å². The van der Waals surface area contributed by atoms with Crippen molar-refractivity contribution < 1.29 is 39.2 Å². The predicted molar refractivity (Wildman–Crippen MR) is 234 cm³/mol. The second kappa shape index (κ2) is 28.2. The largest absolute Gasteiger partial charge is 0.480 e. The average Bonchev–Trinajstić information content (AvgIpc) is 3.24. The van der Waals surface area contributed by atoms with Gasteiger partial charge in [0.05, 0.1) is 43.8 Å². The summed E-state index contributed by atoms with van der Waals surface area (Å²) in [4.78, 5) is 78.4. The van der Waals surface area contributed by atoms with E-state index in [-0.39, 0.29) is 61.0 Å². The van der Waals surface area contributed by atoms with Gasteiger partial charge in [-0.25, -0.2) is 14.8 Å². The second-order valence-electron chi connectivity index (χ2n) is 15.4. The van der Waals surface area contributed by atoms with Crippen LogP contribution < -0.4 is 26.8 Å². The molecule has 3 atom stereocenters. The number of carboxylic acid groups (broad SMARTS) is 1. The number of carbonyl (C=O) groups is 4. The molecule has 2 unspecified atom stereocenters. The van der Waals surface area contributed by atoms with Gasteiger partial charge < -0.3 is 41.3 Å². The van der Waals surface area contributed by atoms with E-state index in [0.29, 0.717) is 30.6 Å². The Hall–Kier alpha value is -5.42. The number of aliphatic hydroxyl groups excluding tert-OH is 2. The lowest BCUT2D eigenvalue weighted by Crippen LogP contribution is -2.45. The van der Waals surface area contributed by atoms with Crippen molar-refractivity contribution >= 4 is 46.6 Å². The van der Waals surface area contributed by atoms with Crippen LogP contribution in [0.3, 0.4) is 0 Å². The summed E-state index contributed by atoms with van der Waals surface area (Å²) < 4.78 is 5.23. The number of H-pyrrole nitrogens is 1. The first kappa shape index (κ1) is 49.9. The first-order valence-corrected chi connectivity index (χ1v) is 21.7. The van der Waals surface area contributed by atoms with Crippen LogP contribution in [0.5, 0.6) is 0 Å². The number of hydrogen-bond acceptors (Lipinski definition) is 13. The summed E-state index contributed by atoms with van der Waals surface area (Å²) in [7, 11) is 1.78. The zero-order chi connectivity index (χ0) is 44.4. The second-order valence-corrected chi connectivity index (χ2v) is 15.4. The smallest absolute Gasteiger partial charge is 0.326 e. The number of aliphatic carboxylic acids is 1. The molecule has 0 saturated carbocycles. The van der Waals surface area contributed by atoms with Gasteiger partial charge in [0.15, 0.2) is 11.2 Å². The molecule has 17 nitrogen and oxygen atoms in total. The summed E-state index contributed by atoms with van der Waals surface area (Å²) in [5, 5.41) is 35.0. The standard InChI is InChI=1S/C44H66N8O9/c1-3-4-5-6-7-8-9-10-11-12-13-14-16-19-36(54)35(30-53)48-37(55)20-17-15-18-27-61-38(56)26-25-34(43(59)60)49-41(57)31-21-23-33(24-22-31)52(2)29-32-28-46-40-39(47-32)42(58)51-44(45)50-40/h16,19,21-24,28,34-36,53-54H,3-15,17-18,20,25-27,29-30H2,1-2H3,(H,48,55)(H,49,57)(H,59,60)(H3,45,46,50,51,58)/b19-16+/t34-,35?,36?/m0/s1. The number of aromatic amines is 1. The van der Waals surface area contributed by atoms with Crippen LogP contribution in [-0.2, 0) is 25.7 Å². The topological polar surface area (TPSA) is 263 Å². The molecule has 0 aliphatic heterocycles. The summed E-state index contributed by atoms with van der Waals surface area (Å²) in [5.41, 5.74) is 6.66. The number of esters is 1. The molecule has 0 aliphatic carbocycles. The number of nitrogens with two attached hydrogens (primary N) is 1. The Balaban J connectivity index is 1.27. The number of nitrogens with zero attached hydrogens (tertiary/aromatic N) is 4. The van der Waals surface area contributed by atoms with Crippen molar-refractivity contribution in [1.82, 2.24) is 30.6 Å². The predicted octanol–water partition coefficient (Wildman–Crippen LogP) is 5.09. The number of carboxylic acids is 1. The maximum Gasteiger partial charge on any atom is 0.326 e. The van der Waals surface area contributed by atoms with E-state index in [4.69, 9.17) is 10.5 Å². The zero-order valence-electron chi connectivity index (χ0n) is 35.8. The molecule has 0 fully saturated rings. The van der Waals surface area contributed by atoms with Crippen molar-refractivity contribution in [2.24, 2.45) is 0 Å². The van der Waals surface area contributed by atoms with Gasteiger partial charge in [-0.1, -0.05) is 83.3 Å². The first-order valence-electron chi connectivity index (χ1n) is 21.7. The molecule has 0 saturated heterocycles. The normalized spacial score (nSPS) is 12.9. The molecule has 17 heteroatoms. The number of anilines is 2. The van der Waals surface area contributed by atoms with Gasteiger partial charge >= 0.3 is 11.9 Å². The molecular weight excluding hydrogens is 785 g/mol. The minimum absolute atomic E-state index is 0.0573. The Morgan fingerprint density at radius 2 is 1.56 bits per heavy atom. The molecule has 2 amide bonds. The molecule has 0 radical (unpaired) electrons. The molecule has 1 aromatic carbocycles. The van der Waals surface area contributed by atoms with Crippen molar-refractivity contribution in [3.05, 3.63) is 64.2 Å². The maximum absolute atomic E-state index is 12.9. The van der Waals surface area contributed by atoms with Crippen LogP contribution in [0.2, 0.25) is 0 Å². The van der Waals surface area contributed by atoms with E-state index in [1.54, 1.807) is 25.3 Å². The summed E-state index contributed by atoms with van der Waals surface area (Å²) >= 11 is 0. The van der Waals surface area contributed by atoms with E-state index >= 15 is 0 Å². The Morgan fingerprint density at radius 3 is 2.21 bits per heavy atom. The van der Waals surface area contributed by atoms with E-state index in [1.807, 2.05) is 11.0 Å². The number of hydrogen-bond donors (Lipinski definition) is 7.